The zero-order valence-electron chi connectivity index (χ0n) is 15.3. The molecule has 0 bridgehead atoms. The molecule has 1 aromatic carbocycles. The number of carbonyl (C=O) groups is 1. The van der Waals surface area contributed by atoms with Gasteiger partial charge in [-0.15, -0.1) is 13.2 Å². The molecule has 0 spiro atoms. The summed E-state index contributed by atoms with van der Waals surface area (Å²) in [6, 6.07) is 8.25. The van der Waals surface area contributed by atoms with E-state index in [1.54, 1.807) is 16.9 Å². The number of halogens is 3. The van der Waals surface area contributed by atoms with Crippen molar-refractivity contribution in [3.8, 4) is 11.6 Å². The molecule has 2 N–H and O–H groups in total. The number of rotatable bonds is 7. The third-order valence-electron chi connectivity index (χ3n) is 3.68. The highest BCUT2D eigenvalue weighted by Crippen LogP contribution is 2.22. The summed E-state index contributed by atoms with van der Waals surface area (Å²) >= 11 is 0. The largest absolute Gasteiger partial charge is 0.573 e. The summed E-state index contributed by atoms with van der Waals surface area (Å²) in [6.45, 7) is 2.53. The van der Waals surface area contributed by atoms with Gasteiger partial charge in [0.1, 0.15) is 17.9 Å². The van der Waals surface area contributed by atoms with Crippen molar-refractivity contribution >= 4 is 11.7 Å². The lowest BCUT2D eigenvalue weighted by Gasteiger charge is -2.10. The number of amides is 1. The zero-order chi connectivity index (χ0) is 20.9. The van der Waals surface area contributed by atoms with Crippen molar-refractivity contribution in [2.45, 2.75) is 13.3 Å². The van der Waals surface area contributed by atoms with Crippen molar-refractivity contribution in [1.82, 2.24) is 25.1 Å². The molecule has 2 heterocycles. The fraction of sp³-hybridized carbons (Fsp3) is 0.222. The third-order valence-corrected chi connectivity index (χ3v) is 3.68. The number of anilines is 1. The molecule has 0 aliphatic heterocycles. The fourth-order valence-electron chi connectivity index (χ4n) is 2.39. The Kier molecular flexibility index (Phi) is 5.96. The SMILES string of the molecule is Cc1ccn(-c2cc(NCCNC(=O)c3ccc(OC(F)(F)F)cc3)ncn2)n1. The van der Waals surface area contributed by atoms with Crippen LogP contribution < -0.4 is 15.4 Å². The summed E-state index contributed by atoms with van der Waals surface area (Å²) in [5.74, 6) is 0.357. The first-order chi connectivity index (χ1) is 13.8. The Labute approximate surface area is 163 Å². The highest BCUT2D eigenvalue weighted by atomic mass is 19.4. The second kappa shape index (κ2) is 8.59. The van der Waals surface area contributed by atoms with Gasteiger partial charge in [-0.2, -0.15) is 5.10 Å². The number of alkyl halides is 3. The van der Waals surface area contributed by atoms with Crippen LogP contribution in [0.25, 0.3) is 5.82 Å². The van der Waals surface area contributed by atoms with Crippen LogP contribution in [0, 0.1) is 6.92 Å². The Balaban J connectivity index is 1.47. The van der Waals surface area contributed by atoms with Crippen LogP contribution in [0.4, 0.5) is 19.0 Å². The number of benzene rings is 1. The van der Waals surface area contributed by atoms with Gasteiger partial charge in [-0.1, -0.05) is 0 Å². The van der Waals surface area contributed by atoms with Crippen LogP contribution in [0.3, 0.4) is 0 Å². The molecule has 11 heteroatoms. The fourth-order valence-corrected chi connectivity index (χ4v) is 2.39. The predicted molar refractivity (Wildman–Crippen MR) is 97.8 cm³/mol. The molecule has 29 heavy (non-hydrogen) atoms. The van der Waals surface area contributed by atoms with Crippen LogP contribution in [0.5, 0.6) is 5.75 Å². The molecule has 0 aliphatic carbocycles. The van der Waals surface area contributed by atoms with Crippen molar-refractivity contribution in [2.75, 3.05) is 18.4 Å². The van der Waals surface area contributed by atoms with Crippen LogP contribution in [-0.4, -0.2) is 45.1 Å². The molecule has 8 nitrogen and oxygen atoms in total. The van der Waals surface area contributed by atoms with Crippen molar-refractivity contribution in [3.05, 3.63) is 60.2 Å². The summed E-state index contributed by atoms with van der Waals surface area (Å²) in [4.78, 5) is 20.3. The van der Waals surface area contributed by atoms with Crippen LogP contribution >= 0.6 is 0 Å². The van der Waals surface area contributed by atoms with E-state index in [9.17, 15) is 18.0 Å². The van der Waals surface area contributed by atoms with Crippen molar-refractivity contribution in [2.24, 2.45) is 0 Å². The normalized spacial score (nSPS) is 11.2. The van der Waals surface area contributed by atoms with E-state index in [2.05, 4.69) is 30.4 Å². The summed E-state index contributed by atoms with van der Waals surface area (Å²) in [5.41, 5.74) is 1.08. The molecule has 3 rings (SSSR count). The maximum Gasteiger partial charge on any atom is 0.573 e. The Morgan fingerprint density at radius 1 is 1.14 bits per heavy atom. The molecular formula is C18H17F3N6O2. The highest BCUT2D eigenvalue weighted by molar-refractivity contribution is 5.94. The number of carbonyl (C=O) groups excluding carboxylic acids is 1. The van der Waals surface area contributed by atoms with E-state index in [-0.39, 0.29) is 17.9 Å². The van der Waals surface area contributed by atoms with Gasteiger partial charge in [0.2, 0.25) is 0 Å². The van der Waals surface area contributed by atoms with Gasteiger partial charge in [-0.3, -0.25) is 4.79 Å². The molecular weight excluding hydrogens is 389 g/mol. The van der Waals surface area contributed by atoms with E-state index >= 15 is 0 Å². The maximum atomic E-state index is 12.1. The Hall–Kier alpha value is -3.63. The predicted octanol–water partition coefficient (Wildman–Crippen LogP) is 2.71. The van der Waals surface area contributed by atoms with Crippen molar-refractivity contribution < 1.29 is 22.7 Å². The average molecular weight is 406 g/mol. The molecule has 0 unspecified atom stereocenters. The lowest BCUT2D eigenvalue weighted by atomic mass is 10.2. The van der Waals surface area contributed by atoms with Gasteiger partial charge in [0.05, 0.1) is 5.69 Å². The van der Waals surface area contributed by atoms with Crippen LogP contribution in [0.1, 0.15) is 16.1 Å². The first-order valence-electron chi connectivity index (χ1n) is 8.53. The minimum atomic E-state index is -4.77. The van der Waals surface area contributed by atoms with E-state index in [1.165, 1.54) is 18.5 Å². The number of hydrogen-bond acceptors (Lipinski definition) is 6. The summed E-state index contributed by atoms with van der Waals surface area (Å²) in [7, 11) is 0. The molecule has 0 atom stereocenters. The van der Waals surface area contributed by atoms with Gasteiger partial charge in [0, 0.05) is 30.9 Å². The molecule has 3 aromatic rings. The standard InChI is InChI=1S/C18H17F3N6O2/c1-12-6-9-27(26-12)16-10-15(24-11-25-16)22-7-8-23-17(28)13-2-4-14(5-3-13)29-18(19,20)21/h2-6,9-11H,7-8H2,1H3,(H,23,28)(H,22,24,25). The molecule has 2 aromatic heterocycles. The zero-order valence-corrected chi connectivity index (χ0v) is 15.3. The van der Waals surface area contributed by atoms with Gasteiger partial charge in [0.25, 0.3) is 5.91 Å². The Morgan fingerprint density at radius 2 is 1.90 bits per heavy atom. The smallest absolute Gasteiger partial charge is 0.406 e. The molecule has 0 aliphatic rings. The lowest BCUT2D eigenvalue weighted by Crippen LogP contribution is -2.29. The van der Waals surface area contributed by atoms with E-state index < -0.39 is 12.3 Å². The lowest BCUT2D eigenvalue weighted by molar-refractivity contribution is -0.274. The molecule has 1 amide bonds. The Bertz CT molecular complexity index is 972. The minimum absolute atomic E-state index is 0.220. The van der Waals surface area contributed by atoms with Gasteiger partial charge in [-0.25, -0.2) is 14.6 Å². The molecule has 0 radical (unpaired) electrons. The topological polar surface area (TPSA) is 94.0 Å². The molecule has 0 saturated carbocycles. The second-order valence-corrected chi connectivity index (χ2v) is 5.92. The van der Waals surface area contributed by atoms with Gasteiger partial charge in [-0.05, 0) is 37.3 Å². The minimum Gasteiger partial charge on any atom is -0.406 e. The average Bonchev–Trinajstić information content (AvgIpc) is 3.11. The van der Waals surface area contributed by atoms with E-state index in [1.807, 2.05) is 13.0 Å². The summed E-state index contributed by atoms with van der Waals surface area (Å²) < 4.78 is 41.8. The number of ether oxygens (including phenoxy) is 1. The van der Waals surface area contributed by atoms with E-state index in [0.29, 0.717) is 18.2 Å². The van der Waals surface area contributed by atoms with Gasteiger partial charge >= 0.3 is 6.36 Å². The van der Waals surface area contributed by atoms with Crippen molar-refractivity contribution in [3.63, 3.8) is 0 Å². The first kappa shape index (κ1) is 20.1. The van der Waals surface area contributed by atoms with E-state index in [4.69, 9.17) is 0 Å². The first-order valence-corrected chi connectivity index (χ1v) is 8.53. The van der Waals surface area contributed by atoms with Gasteiger partial charge < -0.3 is 15.4 Å². The Morgan fingerprint density at radius 3 is 2.55 bits per heavy atom. The second-order valence-electron chi connectivity index (χ2n) is 5.92. The number of nitrogens with one attached hydrogen (secondary N) is 2. The molecule has 0 fully saturated rings. The number of hydrogen-bond donors (Lipinski definition) is 2. The molecule has 0 saturated heterocycles. The molecule has 152 valence electrons. The van der Waals surface area contributed by atoms with Crippen LogP contribution in [0.15, 0.2) is 48.9 Å². The van der Waals surface area contributed by atoms with Crippen molar-refractivity contribution in [1.29, 1.82) is 0 Å². The van der Waals surface area contributed by atoms with Crippen LogP contribution in [-0.2, 0) is 0 Å². The highest BCUT2D eigenvalue weighted by Gasteiger charge is 2.31. The van der Waals surface area contributed by atoms with Gasteiger partial charge in [0.15, 0.2) is 5.82 Å². The van der Waals surface area contributed by atoms with Crippen LogP contribution in [0.2, 0.25) is 0 Å². The quantitative estimate of drug-likeness (QED) is 0.586. The number of aryl methyl sites for hydroxylation is 1. The third kappa shape index (κ3) is 5.92. The maximum absolute atomic E-state index is 12.1. The van der Waals surface area contributed by atoms with E-state index in [0.717, 1.165) is 17.8 Å². The monoisotopic (exact) mass is 406 g/mol. The number of aromatic nitrogens is 4. The summed E-state index contributed by atoms with van der Waals surface area (Å²) in [5, 5.41) is 9.98. The number of nitrogens with zero attached hydrogens (tertiary/aromatic N) is 4. The summed E-state index contributed by atoms with van der Waals surface area (Å²) in [6.07, 6.45) is -1.59.